The van der Waals surface area contributed by atoms with Gasteiger partial charge in [-0.25, -0.2) is 9.37 Å². The number of carbonyl (C=O) groups is 1. The highest BCUT2D eigenvalue weighted by Crippen LogP contribution is 2.31. The SMILES string of the molecule is Nc1nc(Nc2ccc(F)cc2)sc1C(=O)c1ccc(Cl)c(Cl)c1. The van der Waals surface area contributed by atoms with Crippen molar-refractivity contribution in [2.75, 3.05) is 11.1 Å². The number of rotatable bonds is 4. The first-order valence-corrected chi connectivity index (χ1v) is 8.30. The summed E-state index contributed by atoms with van der Waals surface area (Å²) in [5, 5.41) is 4.07. The third kappa shape index (κ3) is 3.51. The third-order valence-electron chi connectivity index (χ3n) is 3.14. The summed E-state index contributed by atoms with van der Waals surface area (Å²) < 4.78 is 12.9. The van der Waals surface area contributed by atoms with E-state index in [1.807, 2.05) is 0 Å². The van der Waals surface area contributed by atoms with Gasteiger partial charge < -0.3 is 11.1 Å². The minimum absolute atomic E-state index is 0.112. The largest absolute Gasteiger partial charge is 0.382 e. The maximum absolute atomic E-state index is 12.9. The molecule has 122 valence electrons. The number of anilines is 3. The summed E-state index contributed by atoms with van der Waals surface area (Å²) in [5.74, 6) is -0.522. The van der Waals surface area contributed by atoms with Gasteiger partial charge in [0.2, 0.25) is 5.78 Å². The molecule has 1 aromatic heterocycles. The Bertz CT molecular complexity index is 912. The Morgan fingerprint density at radius 3 is 2.50 bits per heavy atom. The molecule has 0 aliphatic rings. The van der Waals surface area contributed by atoms with Gasteiger partial charge in [-0.3, -0.25) is 4.79 Å². The molecule has 0 atom stereocenters. The molecular weight excluding hydrogens is 372 g/mol. The number of thiazole rings is 1. The summed E-state index contributed by atoms with van der Waals surface area (Å²) in [5.41, 5.74) is 6.85. The third-order valence-corrected chi connectivity index (χ3v) is 4.86. The van der Waals surface area contributed by atoms with Crippen LogP contribution in [0.25, 0.3) is 0 Å². The Morgan fingerprint density at radius 1 is 1.12 bits per heavy atom. The van der Waals surface area contributed by atoms with Crippen molar-refractivity contribution in [1.82, 2.24) is 4.98 Å². The molecule has 0 saturated carbocycles. The van der Waals surface area contributed by atoms with Crippen LogP contribution in [0.5, 0.6) is 0 Å². The molecule has 0 fully saturated rings. The van der Waals surface area contributed by atoms with E-state index in [9.17, 15) is 9.18 Å². The van der Waals surface area contributed by atoms with E-state index in [2.05, 4.69) is 10.3 Å². The number of ketones is 1. The fourth-order valence-electron chi connectivity index (χ4n) is 1.97. The highest BCUT2D eigenvalue weighted by molar-refractivity contribution is 7.18. The molecule has 4 nitrogen and oxygen atoms in total. The van der Waals surface area contributed by atoms with Gasteiger partial charge in [-0.15, -0.1) is 0 Å². The first-order chi connectivity index (χ1) is 11.4. The Balaban J connectivity index is 1.86. The minimum Gasteiger partial charge on any atom is -0.382 e. The predicted octanol–water partition coefficient (Wildman–Crippen LogP) is 5.15. The number of nitrogen functional groups attached to an aromatic ring is 1. The van der Waals surface area contributed by atoms with Gasteiger partial charge in [-0.1, -0.05) is 34.5 Å². The highest BCUT2D eigenvalue weighted by Gasteiger charge is 2.19. The van der Waals surface area contributed by atoms with Gasteiger partial charge in [0.15, 0.2) is 5.13 Å². The molecule has 2 aromatic carbocycles. The van der Waals surface area contributed by atoms with Crippen molar-refractivity contribution in [3.05, 3.63) is 68.8 Å². The second-order valence-corrected chi connectivity index (χ2v) is 6.64. The fourth-order valence-corrected chi connectivity index (χ4v) is 3.14. The van der Waals surface area contributed by atoms with E-state index in [0.29, 0.717) is 21.4 Å². The van der Waals surface area contributed by atoms with Gasteiger partial charge in [0.05, 0.1) is 10.0 Å². The molecule has 0 aliphatic carbocycles. The van der Waals surface area contributed by atoms with Crippen LogP contribution >= 0.6 is 34.5 Å². The van der Waals surface area contributed by atoms with Crippen molar-refractivity contribution >= 4 is 57.0 Å². The van der Waals surface area contributed by atoms with Gasteiger partial charge in [-0.2, -0.15) is 0 Å². The zero-order valence-electron chi connectivity index (χ0n) is 12.0. The van der Waals surface area contributed by atoms with Gasteiger partial charge in [0.1, 0.15) is 16.5 Å². The van der Waals surface area contributed by atoms with E-state index in [1.165, 1.54) is 18.2 Å². The Morgan fingerprint density at radius 2 is 1.83 bits per heavy atom. The quantitative estimate of drug-likeness (QED) is 0.613. The molecule has 0 unspecified atom stereocenters. The van der Waals surface area contributed by atoms with Crippen LogP contribution in [-0.4, -0.2) is 10.8 Å². The average molecular weight is 382 g/mol. The van der Waals surface area contributed by atoms with E-state index in [-0.39, 0.29) is 27.3 Å². The molecule has 8 heteroatoms. The summed E-state index contributed by atoms with van der Waals surface area (Å²) >= 11 is 12.9. The van der Waals surface area contributed by atoms with Crippen LogP contribution in [0.15, 0.2) is 42.5 Å². The number of hydrogen-bond donors (Lipinski definition) is 2. The molecule has 0 saturated heterocycles. The molecule has 0 radical (unpaired) electrons. The minimum atomic E-state index is -0.338. The van der Waals surface area contributed by atoms with Crippen molar-refractivity contribution < 1.29 is 9.18 Å². The molecule has 0 aliphatic heterocycles. The number of nitrogens with two attached hydrogens (primary N) is 1. The lowest BCUT2D eigenvalue weighted by Gasteiger charge is -2.01. The van der Waals surface area contributed by atoms with Crippen molar-refractivity contribution in [2.24, 2.45) is 0 Å². The number of hydrogen-bond acceptors (Lipinski definition) is 5. The number of halogens is 3. The molecule has 3 rings (SSSR count). The van der Waals surface area contributed by atoms with Gasteiger partial charge in [0.25, 0.3) is 0 Å². The van der Waals surface area contributed by atoms with Crippen LogP contribution in [0.1, 0.15) is 15.2 Å². The maximum Gasteiger partial charge on any atom is 0.206 e. The summed E-state index contributed by atoms with van der Waals surface area (Å²) in [6.07, 6.45) is 0. The summed E-state index contributed by atoms with van der Waals surface area (Å²) in [6, 6.07) is 10.4. The van der Waals surface area contributed by atoms with E-state index in [4.69, 9.17) is 28.9 Å². The molecule has 3 N–H and O–H groups in total. The van der Waals surface area contributed by atoms with Crippen LogP contribution in [-0.2, 0) is 0 Å². The van der Waals surface area contributed by atoms with Crippen LogP contribution in [0.3, 0.4) is 0 Å². The predicted molar refractivity (Wildman–Crippen MR) is 96.1 cm³/mol. The van der Waals surface area contributed by atoms with E-state index < -0.39 is 0 Å². The molecule has 3 aromatic rings. The molecule has 0 bridgehead atoms. The monoisotopic (exact) mass is 381 g/mol. The van der Waals surface area contributed by atoms with E-state index in [0.717, 1.165) is 11.3 Å². The van der Waals surface area contributed by atoms with Gasteiger partial charge in [-0.05, 0) is 42.5 Å². The topological polar surface area (TPSA) is 68.0 Å². The highest BCUT2D eigenvalue weighted by atomic mass is 35.5. The number of aromatic nitrogens is 1. The number of nitrogens with one attached hydrogen (secondary N) is 1. The summed E-state index contributed by atoms with van der Waals surface area (Å²) in [7, 11) is 0. The Kier molecular flexibility index (Phi) is 4.71. The van der Waals surface area contributed by atoms with E-state index >= 15 is 0 Å². The first-order valence-electron chi connectivity index (χ1n) is 6.72. The van der Waals surface area contributed by atoms with Gasteiger partial charge in [0, 0.05) is 11.3 Å². The van der Waals surface area contributed by atoms with E-state index in [1.54, 1.807) is 24.3 Å². The van der Waals surface area contributed by atoms with Crippen LogP contribution < -0.4 is 11.1 Å². The molecule has 0 amide bonds. The van der Waals surface area contributed by atoms with Gasteiger partial charge >= 0.3 is 0 Å². The van der Waals surface area contributed by atoms with Crippen molar-refractivity contribution in [2.45, 2.75) is 0 Å². The van der Waals surface area contributed by atoms with Crippen LogP contribution in [0.2, 0.25) is 10.0 Å². The average Bonchev–Trinajstić information content (AvgIpc) is 2.92. The normalized spacial score (nSPS) is 10.6. The Hall–Kier alpha value is -2.15. The first kappa shape index (κ1) is 16.7. The number of benzene rings is 2. The molecule has 24 heavy (non-hydrogen) atoms. The Labute approximate surface area is 151 Å². The van der Waals surface area contributed by atoms with Crippen LogP contribution in [0.4, 0.5) is 21.0 Å². The molecule has 1 heterocycles. The molecule has 0 spiro atoms. The number of nitrogens with zero attached hydrogens (tertiary/aromatic N) is 1. The number of carbonyl (C=O) groups excluding carboxylic acids is 1. The zero-order valence-corrected chi connectivity index (χ0v) is 14.3. The maximum atomic E-state index is 12.9. The summed E-state index contributed by atoms with van der Waals surface area (Å²) in [6.45, 7) is 0. The fraction of sp³-hybridized carbons (Fsp3) is 0. The van der Waals surface area contributed by atoms with Crippen LogP contribution in [0, 0.1) is 5.82 Å². The lowest BCUT2D eigenvalue weighted by atomic mass is 10.1. The van der Waals surface area contributed by atoms with Crippen molar-refractivity contribution in [1.29, 1.82) is 0 Å². The lowest BCUT2D eigenvalue weighted by molar-refractivity contribution is 0.104. The second-order valence-electron chi connectivity index (χ2n) is 4.82. The standard InChI is InChI=1S/C16H10Cl2FN3OS/c17-11-6-1-8(7-12(11)18)13(23)14-15(20)22-16(24-14)21-10-4-2-9(19)3-5-10/h1-7H,20H2,(H,21,22). The summed E-state index contributed by atoms with van der Waals surface area (Å²) in [4.78, 5) is 17.0. The smallest absolute Gasteiger partial charge is 0.206 e. The zero-order chi connectivity index (χ0) is 17.3. The van der Waals surface area contributed by atoms with Crippen molar-refractivity contribution in [3.63, 3.8) is 0 Å². The van der Waals surface area contributed by atoms with Crippen molar-refractivity contribution in [3.8, 4) is 0 Å². The second kappa shape index (κ2) is 6.76. The molecular formula is C16H10Cl2FN3OS. The lowest BCUT2D eigenvalue weighted by Crippen LogP contribution is -2.02.